The van der Waals surface area contributed by atoms with Gasteiger partial charge < -0.3 is 9.97 Å². The molecular formula is C68H54N8+4. The Hall–Kier alpha value is -9.92. The van der Waals surface area contributed by atoms with Crippen LogP contribution in [0.3, 0.4) is 0 Å². The van der Waals surface area contributed by atoms with Gasteiger partial charge in [-0.1, -0.05) is 97.1 Å². The smallest absolute Gasteiger partial charge is 0.173 e. The van der Waals surface area contributed by atoms with E-state index in [4.69, 9.17) is 9.97 Å². The molecule has 8 nitrogen and oxygen atoms in total. The molecule has 0 fully saturated rings. The van der Waals surface area contributed by atoms with Gasteiger partial charge in [-0.25, -0.2) is 28.2 Å². The maximum atomic E-state index is 5.66. The first kappa shape index (κ1) is 45.9. The third kappa shape index (κ3) is 9.71. The number of pyridine rings is 4. The lowest BCUT2D eigenvalue weighted by molar-refractivity contribution is -0.688. The molecule has 0 aliphatic carbocycles. The van der Waals surface area contributed by atoms with Crippen LogP contribution in [0.25, 0.3) is 90.9 Å². The highest BCUT2D eigenvalue weighted by Gasteiger charge is 2.21. The topological polar surface area (TPSA) is 72.9 Å². The fourth-order valence-corrected chi connectivity index (χ4v) is 10.7. The van der Waals surface area contributed by atoms with Gasteiger partial charge in [0.25, 0.3) is 0 Å². The molecule has 2 aliphatic rings. The maximum Gasteiger partial charge on any atom is 0.173 e. The van der Waals surface area contributed by atoms with Crippen molar-refractivity contribution in [2.24, 2.45) is 0 Å². The Morgan fingerprint density at radius 1 is 0.263 bits per heavy atom. The normalized spacial score (nSPS) is 11.8. The molecule has 8 heteroatoms. The summed E-state index contributed by atoms with van der Waals surface area (Å²) in [5.74, 6) is 0. The van der Waals surface area contributed by atoms with Gasteiger partial charge >= 0.3 is 0 Å². The minimum Gasteiger partial charge on any atom is -0.354 e. The molecule has 4 aromatic carbocycles. The van der Waals surface area contributed by atoms with Crippen LogP contribution in [-0.4, -0.2) is 19.9 Å². The van der Waals surface area contributed by atoms with Crippen LogP contribution in [0.15, 0.2) is 244 Å². The van der Waals surface area contributed by atoms with Gasteiger partial charge in [0.1, 0.15) is 0 Å². The van der Waals surface area contributed by atoms with Crippen LogP contribution in [0.1, 0.15) is 45.0 Å². The molecule has 0 saturated carbocycles. The summed E-state index contributed by atoms with van der Waals surface area (Å²) in [6, 6.07) is 69.2. The molecule has 8 bridgehead atoms. The highest BCUT2D eigenvalue weighted by molar-refractivity contribution is 6.00. The lowest BCUT2D eigenvalue weighted by Gasteiger charge is -2.09. The molecule has 2 N–H and O–H groups in total. The highest BCUT2D eigenvalue weighted by Crippen LogP contribution is 2.39. The second kappa shape index (κ2) is 20.5. The van der Waals surface area contributed by atoms with E-state index in [2.05, 4.69) is 296 Å². The molecule has 9 heterocycles. The van der Waals surface area contributed by atoms with E-state index in [0.717, 1.165) is 116 Å². The molecule has 0 radical (unpaired) electrons. The predicted octanol–water partition coefficient (Wildman–Crippen LogP) is 12.7. The third-order valence-corrected chi connectivity index (χ3v) is 14.2. The van der Waals surface area contributed by atoms with Crippen LogP contribution in [0, 0.1) is 0 Å². The van der Waals surface area contributed by atoms with Crippen molar-refractivity contribution in [3.63, 3.8) is 0 Å². The van der Waals surface area contributed by atoms with Crippen molar-refractivity contribution in [1.82, 2.24) is 19.9 Å². The van der Waals surface area contributed by atoms with Crippen molar-refractivity contribution in [3.05, 3.63) is 289 Å². The van der Waals surface area contributed by atoms with Crippen molar-refractivity contribution in [3.8, 4) is 44.5 Å². The molecule has 11 aromatic rings. The van der Waals surface area contributed by atoms with E-state index >= 15 is 0 Å². The molecule has 7 aromatic heterocycles. The summed E-state index contributed by atoms with van der Waals surface area (Å²) in [6.45, 7) is 2.94. The van der Waals surface area contributed by atoms with Crippen LogP contribution in [0.5, 0.6) is 0 Å². The highest BCUT2D eigenvalue weighted by atomic mass is 14.9. The minimum atomic E-state index is 0.734. The van der Waals surface area contributed by atoms with Gasteiger partial charge in [-0.05, 0) is 95.1 Å². The number of H-pyrrole nitrogens is 2. The molecule has 0 unspecified atom stereocenters. The van der Waals surface area contributed by atoms with Gasteiger partial charge in [-0.3, -0.25) is 0 Å². The molecule has 0 atom stereocenters. The van der Waals surface area contributed by atoms with Crippen molar-refractivity contribution < 1.29 is 18.3 Å². The van der Waals surface area contributed by atoms with Crippen LogP contribution >= 0.6 is 0 Å². The van der Waals surface area contributed by atoms with E-state index < -0.39 is 0 Å². The predicted molar refractivity (Wildman–Crippen MR) is 304 cm³/mol. The summed E-state index contributed by atoms with van der Waals surface area (Å²) >= 11 is 0. The Bertz CT molecular complexity index is 3630. The number of nitrogens with one attached hydrogen (secondary N) is 2. The first-order valence-corrected chi connectivity index (χ1v) is 25.9. The molecule has 0 spiro atoms. The number of hydrogen-bond donors (Lipinski definition) is 2. The van der Waals surface area contributed by atoms with E-state index in [9.17, 15) is 0 Å². The number of hydrogen-bond acceptors (Lipinski definition) is 2. The van der Waals surface area contributed by atoms with Crippen molar-refractivity contribution in [2.75, 3.05) is 0 Å². The molecule has 13 rings (SSSR count). The standard InChI is InChI=1S/C68H54N8/c1-5-33-73(34-6-1)45-49-17-13-21-53(41-49)65-57-25-27-59(69-57)66(54-22-14-18-50(42-54)46-74-35-7-2-8-36-74)61-29-31-63(71-61)68(56-24-16-20-52(44-56)48-76-39-11-4-12-40-76)64-32-30-62(72-64)67(60-28-26-58(65)70-60)55-23-15-19-51(43-55)47-75-37-9-3-10-38-75/h1-44,69,72H,45-48H2/q+4. The number of nitrogens with zero attached hydrogens (tertiary/aromatic N) is 6. The average Bonchev–Trinajstić information content (AvgIpc) is 4.33. The Morgan fingerprint density at radius 2 is 0.500 bits per heavy atom. The van der Waals surface area contributed by atoms with Crippen LogP contribution in [0.4, 0.5) is 0 Å². The van der Waals surface area contributed by atoms with E-state index in [1.807, 2.05) is 0 Å². The molecular weight excluding hydrogens is 929 g/mol. The van der Waals surface area contributed by atoms with E-state index in [0.29, 0.717) is 0 Å². The third-order valence-electron chi connectivity index (χ3n) is 14.2. The number of aromatic nitrogens is 8. The second-order valence-corrected chi connectivity index (χ2v) is 19.5. The maximum absolute atomic E-state index is 5.66. The van der Waals surface area contributed by atoms with Gasteiger partial charge in [0, 0.05) is 115 Å². The van der Waals surface area contributed by atoms with Gasteiger partial charge in [0.2, 0.25) is 0 Å². The van der Waals surface area contributed by atoms with Gasteiger partial charge in [0.15, 0.2) is 75.8 Å². The first-order valence-electron chi connectivity index (χ1n) is 25.9. The van der Waals surface area contributed by atoms with E-state index in [-0.39, 0.29) is 0 Å². The number of aromatic amines is 2. The quantitative estimate of drug-likeness (QED) is 0.120. The SMILES string of the molecule is C1=Cc2nc1c(-c1cccc(C[n+]3ccccc3)c1)c1ccc([nH]1)c(-c1cccc(C[n+]3ccccc3)c1)c1nc(c(-c3cccc(C[n+]4ccccc4)c3)c3ccc([nH]3)c2-c2cccc(C[n+]3ccccc3)c2)C=C1. The van der Waals surface area contributed by atoms with Crippen molar-refractivity contribution in [2.45, 2.75) is 26.2 Å². The van der Waals surface area contributed by atoms with Crippen LogP contribution in [0.2, 0.25) is 0 Å². The summed E-state index contributed by atoms with van der Waals surface area (Å²) < 4.78 is 8.84. The summed E-state index contributed by atoms with van der Waals surface area (Å²) in [5, 5.41) is 0. The molecule has 362 valence electrons. The fraction of sp³-hybridized carbons (Fsp3) is 0.0588. The lowest BCUT2D eigenvalue weighted by Crippen LogP contribution is -2.32. The first-order chi connectivity index (χ1) is 37.6. The zero-order valence-electron chi connectivity index (χ0n) is 41.9. The number of fused-ring (bicyclic) bond motifs is 8. The second-order valence-electron chi connectivity index (χ2n) is 19.5. The summed E-state index contributed by atoms with van der Waals surface area (Å²) in [5.41, 5.74) is 20.4. The summed E-state index contributed by atoms with van der Waals surface area (Å²) in [4.78, 5) is 19.3. The molecule has 76 heavy (non-hydrogen) atoms. The Morgan fingerprint density at radius 3 is 0.737 bits per heavy atom. The van der Waals surface area contributed by atoms with Crippen LogP contribution < -0.4 is 18.3 Å². The largest absolute Gasteiger partial charge is 0.354 e. The lowest BCUT2D eigenvalue weighted by atomic mass is 10.0. The monoisotopic (exact) mass is 982 g/mol. The average molecular weight is 983 g/mol. The number of benzene rings is 4. The van der Waals surface area contributed by atoms with Crippen molar-refractivity contribution >= 4 is 46.4 Å². The fourth-order valence-electron chi connectivity index (χ4n) is 10.7. The Balaban J connectivity index is 1.09. The van der Waals surface area contributed by atoms with E-state index in [1.165, 1.54) is 22.3 Å². The van der Waals surface area contributed by atoms with E-state index in [1.54, 1.807) is 0 Å². The molecule has 0 amide bonds. The zero-order valence-corrected chi connectivity index (χ0v) is 41.9. The Labute approximate surface area is 441 Å². The summed E-state index contributed by atoms with van der Waals surface area (Å²) in [6.07, 6.45) is 25.6. The summed E-state index contributed by atoms with van der Waals surface area (Å²) in [7, 11) is 0. The van der Waals surface area contributed by atoms with Gasteiger partial charge in [-0.15, -0.1) is 0 Å². The Kier molecular flexibility index (Phi) is 12.4. The molecule has 2 aliphatic heterocycles. The van der Waals surface area contributed by atoms with Crippen LogP contribution in [-0.2, 0) is 26.2 Å². The zero-order chi connectivity index (χ0) is 50.6. The molecule has 0 saturated heterocycles. The van der Waals surface area contributed by atoms with Gasteiger partial charge in [0.05, 0.1) is 22.8 Å². The number of rotatable bonds is 12. The minimum absolute atomic E-state index is 0.734. The van der Waals surface area contributed by atoms with Gasteiger partial charge in [-0.2, -0.15) is 0 Å². The van der Waals surface area contributed by atoms with Crippen molar-refractivity contribution in [1.29, 1.82) is 0 Å².